The molecule has 0 fully saturated rings. The first-order valence-electron chi connectivity index (χ1n) is 9.90. The maximum atomic E-state index is 15.0. The van der Waals surface area contributed by atoms with Gasteiger partial charge in [-0.05, 0) is 41.8 Å². The van der Waals surface area contributed by atoms with Gasteiger partial charge in [0.05, 0.1) is 24.3 Å². The van der Waals surface area contributed by atoms with E-state index < -0.39 is 12.0 Å². The summed E-state index contributed by atoms with van der Waals surface area (Å²) in [5.41, 5.74) is 3.65. The highest BCUT2D eigenvalue weighted by molar-refractivity contribution is 5.80. The van der Waals surface area contributed by atoms with Crippen molar-refractivity contribution >= 4 is 22.1 Å². The van der Waals surface area contributed by atoms with Crippen LogP contribution in [0.2, 0.25) is 0 Å². The molecule has 0 saturated carbocycles. The van der Waals surface area contributed by atoms with Crippen molar-refractivity contribution in [1.29, 1.82) is 0 Å². The maximum Gasteiger partial charge on any atom is 0.156 e. The van der Waals surface area contributed by atoms with Crippen molar-refractivity contribution in [3.05, 3.63) is 83.1 Å². The van der Waals surface area contributed by atoms with Crippen LogP contribution in [0, 0.1) is 5.82 Å². The van der Waals surface area contributed by atoms with Crippen molar-refractivity contribution in [2.75, 3.05) is 7.11 Å². The van der Waals surface area contributed by atoms with E-state index in [1.54, 1.807) is 12.3 Å². The largest absolute Gasteiger partial charge is 0.493 e. The number of methoxy groups -OCH3 is 1. The molecule has 3 aromatic heterocycles. The molecule has 0 aliphatic heterocycles. The highest BCUT2D eigenvalue weighted by atomic mass is 19.1. The van der Waals surface area contributed by atoms with Crippen LogP contribution in [0.4, 0.5) is 8.78 Å². The maximum absolute atomic E-state index is 15.0. The van der Waals surface area contributed by atoms with Crippen molar-refractivity contribution in [2.24, 2.45) is 0 Å². The molecule has 6 nitrogen and oxygen atoms in total. The predicted octanol–water partition coefficient (Wildman–Crippen LogP) is 4.86. The topological polar surface area (TPSA) is 75.8 Å². The third-order valence-electron chi connectivity index (χ3n) is 5.38. The predicted molar refractivity (Wildman–Crippen MR) is 112 cm³/mol. The number of hydrogen-bond donors (Lipinski definition) is 2. The van der Waals surface area contributed by atoms with Crippen LogP contribution < -0.4 is 0 Å². The second-order valence-corrected chi connectivity index (χ2v) is 7.41. The van der Waals surface area contributed by atoms with Crippen molar-refractivity contribution in [2.45, 2.75) is 25.6 Å². The van der Waals surface area contributed by atoms with Crippen LogP contribution in [0.3, 0.4) is 0 Å². The minimum atomic E-state index is -1.24. The molecule has 1 atom stereocenters. The lowest BCUT2D eigenvalue weighted by atomic mass is 9.94. The van der Waals surface area contributed by atoms with Gasteiger partial charge in [0.15, 0.2) is 5.76 Å². The summed E-state index contributed by atoms with van der Waals surface area (Å²) in [6.07, 6.45) is 3.68. The number of nitrogens with one attached hydrogen (secondary N) is 2. The average Bonchev–Trinajstić information content (AvgIpc) is 3.37. The molecule has 8 heteroatoms. The average molecular weight is 422 g/mol. The first-order valence-corrected chi connectivity index (χ1v) is 9.90. The van der Waals surface area contributed by atoms with E-state index in [2.05, 4.69) is 19.9 Å². The number of aromatic nitrogens is 4. The lowest BCUT2D eigenvalue weighted by Crippen LogP contribution is -2.17. The van der Waals surface area contributed by atoms with E-state index in [-0.39, 0.29) is 13.0 Å². The number of fused-ring (bicyclic) bond motifs is 2. The number of hydrogen-bond acceptors (Lipinski definition) is 4. The van der Waals surface area contributed by atoms with E-state index in [1.807, 2.05) is 24.3 Å². The van der Waals surface area contributed by atoms with Gasteiger partial charge in [0, 0.05) is 18.0 Å². The summed E-state index contributed by atoms with van der Waals surface area (Å²) in [5.74, 6) is 1.14. The summed E-state index contributed by atoms with van der Waals surface area (Å²) in [6, 6.07) is 9.09. The Morgan fingerprint density at radius 2 is 2.13 bits per heavy atom. The van der Waals surface area contributed by atoms with Gasteiger partial charge in [-0.2, -0.15) is 0 Å². The number of imidazole rings is 1. The quantitative estimate of drug-likeness (QED) is 0.465. The number of rotatable bonds is 6. The van der Waals surface area contributed by atoms with Crippen LogP contribution in [-0.4, -0.2) is 33.2 Å². The number of allylic oxidation sites excluding steroid dienone is 3. The first-order chi connectivity index (χ1) is 15.1. The van der Waals surface area contributed by atoms with Gasteiger partial charge in [-0.1, -0.05) is 12.1 Å². The van der Waals surface area contributed by atoms with E-state index >= 15 is 4.39 Å². The Bertz CT molecular complexity index is 1290. The number of H-pyrrole nitrogens is 2. The van der Waals surface area contributed by atoms with Crippen molar-refractivity contribution in [3.63, 3.8) is 0 Å². The number of alkyl halides is 1. The Morgan fingerprint density at radius 1 is 1.26 bits per heavy atom. The van der Waals surface area contributed by atoms with Gasteiger partial charge in [0.1, 0.15) is 35.8 Å². The highest BCUT2D eigenvalue weighted by Gasteiger charge is 2.26. The summed E-state index contributed by atoms with van der Waals surface area (Å²) >= 11 is 0. The number of para-hydroxylation sites is 2. The first kappa shape index (κ1) is 19.3. The molecule has 1 aliphatic carbocycles. The van der Waals surface area contributed by atoms with Gasteiger partial charge in [0.25, 0.3) is 0 Å². The number of benzene rings is 1. The normalized spacial score (nSPS) is 16.7. The fraction of sp³-hybridized carbons (Fsp3) is 0.217. The summed E-state index contributed by atoms with van der Waals surface area (Å²) in [7, 11) is 1.53. The standard InChI is InChI=1S/C23H20F2N4O2/c1-30-20-7-13(6-14-10-26-23-16(14)8-15(24)11-27-23)17(25)9-21(20)31-12-22-28-18-4-2-3-5-19(18)29-22/h2-5,7-8,10-11,17H,6,9,12H2,1H3,(H,26,27)(H,28,29). The Labute approximate surface area is 176 Å². The van der Waals surface area contributed by atoms with Gasteiger partial charge < -0.3 is 19.4 Å². The molecule has 4 aromatic rings. The number of aromatic amines is 2. The number of pyridine rings is 1. The van der Waals surface area contributed by atoms with Crippen molar-refractivity contribution < 1.29 is 18.3 Å². The number of halogens is 2. The molecule has 0 amide bonds. The second-order valence-electron chi connectivity index (χ2n) is 7.41. The molecule has 2 N–H and O–H groups in total. The zero-order chi connectivity index (χ0) is 21.4. The fourth-order valence-corrected chi connectivity index (χ4v) is 3.83. The van der Waals surface area contributed by atoms with E-state index in [9.17, 15) is 4.39 Å². The molecule has 3 heterocycles. The lowest BCUT2D eigenvalue weighted by molar-refractivity contribution is 0.140. The second kappa shape index (κ2) is 7.86. The smallest absolute Gasteiger partial charge is 0.156 e. The molecule has 1 aliphatic rings. The summed E-state index contributed by atoms with van der Waals surface area (Å²) in [5, 5.41) is 0.642. The molecule has 1 unspecified atom stereocenters. The summed E-state index contributed by atoms with van der Waals surface area (Å²) in [6.45, 7) is 0.181. The monoisotopic (exact) mass is 422 g/mol. The van der Waals surface area contributed by atoms with E-state index in [1.165, 1.54) is 13.2 Å². The summed E-state index contributed by atoms with van der Waals surface area (Å²) < 4.78 is 39.9. The van der Waals surface area contributed by atoms with Crippen LogP contribution in [0.25, 0.3) is 22.1 Å². The minimum Gasteiger partial charge on any atom is -0.493 e. The van der Waals surface area contributed by atoms with Gasteiger partial charge in [-0.15, -0.1) is 0 Å². The number of nitrogens with zero attached hydrogens (tertiary/aromatic N) is 2. The Kier molecular flexibility index (Phi) is 4.89. The van der Waals surface area contributed by atoms with Crippen LogP contribution in [0.1, 0.15) is 17.8 Å². The van der Waals surface area contributed by atoms with Gasteiger partial charge in [0.2, 0.25) is 0 Å². The van der Waals surface area contributed by atoms with Gasteiger partial charge >= 0.3 is 0 Å². The minimum absolute atomic E-state index is 0.0597. The van der Waals surface area contributed by atoms with Crippen LogP contribution in [0.15, 0.2) is 65.9 Å². The molecule has 0 saturated heterocycles. The molecule has 0 radical (unpaired) electrons. The Hall–Kier alpha value is -3.68. The third kappa shape index (κ3) is 3.76. The zero-order valence-electron chi connectivity index (χ0n) is 16.8. The Morgan fingerprint density at radius 3 is 2.97 bits per heavy atom. The molecule has 1 aromatic carbocycles. The SMILES string of the molecule is COC1=C(OCc2nc3ccccc3[nH]2)CC(F)C(Cc2c[nH]c3ncc(F)cc23)=C1. The summed E-state index contributed by atoms with van der Waals surface area (Å²) in [4.78, 5) is 14.7. The molecular formula is C23H20F2N4O2. The Balaban J connectivity index is 1.37. The third-order valence-corrected chi connectivity index (χ3v) is 5.38. The molecule has 5 rings (SSSR count). The van der Waals surface area contributed by atoms with Crippen molar-refractivity contribution in [3.8, 4) is 0 Å². The van der Waals surface area contributed by atoms with E-state index in [0.717, 1.165) is 22.8 Å². The molecule has 0 spiro atoms. The fourth-order valence-electron chi connectivity index (χ4n) is 3.83. The van der Waals surface area contributed by atoms with Crippen LogP contribution in [0.5, 0.6) is 0 Å². The molecule has 158 valence electrons. The highest BCUT2D eigenvalue weighted by Crippen LogP contribution is 2.32. The molecular weight excluding hydrogens is 402 g/mol. The van der Waals surface area contributed by atoms with Gasteiger partial charge in [-0.3, -0.25) is 0 Å². The van der Waals surface area contributed by atoms with Crippen LogP contribution in [-0.2, 0) is 22.5 Å². The van der Waals surface area contributed by atoms with E-state index in [0.29, 0.717) is 40.4 Å². The molecule has 31 heavy (non-hydrogen) atoms. The number of ether oxygens (including phenoxy) is 2. The zero-order valence-corrected chi connectivity index (χ0v) is 16.8. The van der Waals surface area contributed by atoms with Crippen molar-refractivity contribution in [1.82, 2.24) is 19.9 Å². The lowest BCUT2D eigenvalue weighted by Gasteiger charge is -2.22. The molecule has 0 bridgehead atoms. The van der Waals surface area contributed by atoms with Crippen LogP contribution >= 0.6 is 0 Å². The van der Waals surface area contributed by atoms with E-state index in [4.69, 9.17) is 9.47 Å². The van der Waals surface area contributed by atoms with Gasteiger partial charge in [-0.25, -0.2) is 18.7 Å².